The van der Waals surface area contributed by atoms with Crippen molar-refractivity contribution >= 4 is 42.2 Å². The molecule has 8 nitrogen and oxygen atoms in total. The molecule has 0 saturated heterocycles. The lowest BCUT2D eigenvalue weighted by Gasteiger charge is -2.36. The summed E-state index contributed by atoms with van der Waals surface area (Å²) in [5.74, 6) is 1.70. The first-order valence-electron chi connectivity index (χ1n) is 10.3. The number of nitrogens with zero attached hydrogens (tertiary/aromatic N) is 6. The third-order valence-corrected chi connectivity index (χ3v) is 6.41. The summed E-state index contributed by atoms with van der Waals surface area (Å²) in [5, 5.41) is 16.4. The van der Waals surface area contributed by atoms with Crippen molar-refractivity contribution in [1.29, 1.82) is 5.26 Å². The van der Waals surface area contributed by atoms with E-state index in [0.717, 1.165) is 34.2 Å². The lowest BCUT2D eigenvalue weighted by atomic mass is 9.99. The molecule has 1 N–H and O–H groups in total. The molecular formula is C22H27N7OS2. The molecule has 0 bridgehead atoms. The van der Waals surface area contributed by atoms with Gasteiger partial charge in [0.25, 0.3) is 0 Å². The first-order valence-corrected chi connectivity index (χ1v) is 11.1. The minimum Gasteiger partial charge on any atom is -0.346 e. The number of likely N-dealkylation sites (N-methyl/N-ethyl adjacent to an activating group) is 1. The van der Waals surface area contributed by atoms with Crippen LogP contribution in [0.2, 0.25) is 0 Å². The molecule has 4 heterocycles. The van der Waals surface area contributed by atoms with Crippen molar-refractivity contribution in [2.75, 3.05) is 17.3 Å². The summed E-state index contributed by atoms with van der Waals surface area (Å²) in [6, 6.07) is 5.72. The monoisotopic (exact) mass is 469 g/mol. The van der Waals surface area contributed by atoms with Gasteiger partial charge in [-0.15, -0.1) is 11.3 Å². The smallest absolute Gasteiger partial charge is 0.247 e. The Bertz CT molecular complexity index is 1160. The van der Waals surface area contributed by atoms with E-state index in [1.807, 2.05) is 61.9 Å². The molecule has 0 saturated carbocycles. The van der Waals surface area contributed by atoms with Gasteiger partial charge in [0.2, 0.25) is 5.91 Å². The highest BCUT2D eigenvalue weighted by Gasteiger charge is 2.35. The van der Waals surface area contributed by atoms with Crippen molar-refractivity contribution in [1.82, 2.24) is 19.7 Å². The van der Waals surface area contributed by atoms with Gasteiger partial charge in [-0.25, -0.2) is 9.97 Å². The normalized spacial score (nSPS) is 15.2. The van der Waals surface area contributed by atoms with E-state index in [9.17, 15) is 4.79 Å². The first kappa shape index (κ1) is 23.8. The fourth-order valence-corrected chi connectivity index (χ4v) is 4.74. The fraction of sp³-hybridized carbons (Fsp3) is 0.409. The predicted octanol–water partition coefficient (Wildman–Crippen LogP) is 3.27. The zero-order chi connectivity index (χ0) is 22.1. The molecule has 1 atom stereocenters. The number of aromatic nitrogens is 4. The Balaban J connectivity index is 0.00000289. The number of rotatable bonds is 6. The zero-order valence-corrected chi connectivity index (χ0v) is 20.4. The Kier molecular flexibility index (Phi) is 7.21. The van der Waals surface area contributed by atoms with Gasteiger partial charge in [-0.05, 0) is 37.0 Å². The number of carbonyl (C=O) groups is 1. The minimum atomic E-state index is -0.244. The summed E-state index contributed by atoms with van der Waals surface area (Å²) in [6.45, 7) is 6.63. The maximum absolute atomic E-state index is 12.5. The Labute approximate surface area is 198 Å². The van der Waals surface area contributed by atoms with Crippen molar-refractivity contribution in [2.45, 2.75) is 46.2 Å². The summed E-state index contributed by atoms with van der Waals surface area (Å²) in [6.07, 6.45) is 5.35. The molecule has 0 radical (unpaired) electrons. The third-order valence-electron chi connectivity index (χ3n) is 5.43. The number of anilines is 2. The summed E-state index contributed by atoms with van der Waals surface area (Å²) in [4.78, 5) is 25.6. The molecule has 0 fully saturated rings. The van der Waals surface area contributed by atoms with E-state index >= 15 is 0 Å². The second-order valence-corrected chi connectivity index (χ2v) is 9.31. The lowest BCUT2D eigenvalue weighted by molar-refractivity contribution is -0.118. The van der Waals surface area contributed by atoms with Gasteiger partial charge in [0.15, 0.2) is 5.82 Å². The second-order valence-electron chi connectivity index (χ2n) is 8.14. The van der Waals surface area contributed by atoms with E-state index in [4.69, 9.17) is 10.2 Å². The standard InChI is InChI=1S/C22H25N7OS.H2S/c1-13(2)20-22(30)27-19-14(3)25-18(26-21(19)28(20)4)8-5-15-10-24-29(11-15)12-17-7-6-16(9-23)31-17;/h6-7,10-11,13,20H,5,8,12H2,1-4H3,(H,27,30);1H2/t20-;/m0./s1. The highest BCUT2D eigenvalue weighted by Crippen LogP contribution is 2.33. The van der Waals surface area contributed by atoms with Crippen LogP contribution in [-0.4, -0.2) is 38.7 Å². The van der Waals surface area contributed by atoms with Crippen LogP contribution in [0, 0.1) is 24.2 Å². The van der Waals surface area contributed by atoms with Gasteiger partial charge in [-0.1, -0.05) is 13.8 Å². The van der Waals surface area contributed by atoms with Crippen LogP contribution < -0.4 is 10.2 Å². The topological polar surface area (TPSA) is 99.7 Å². The lowest BCUT2D eigenvalue weighted by Crippen LogP contribution is -2.49. The number of aryl methyl sites for hydroxylation is 3. The Morgan fingerprint density at radius 1 is 1.28 bits per heavy atom. The molecule has 0 aromatic carbocycles. The fourth-order valence-electron chi connectivity index (χ4n) is 3.94. The van der Waals surface area contributed by atoms with E-state index in [-0.39, 0.29) is 31.4 Å². The molecule has 10 heteroatoms. The van der Waals surface area contributed by atoms with Crippen LogP contribution in [0.3, 0.4) is 0 Å². The number of thiophene rings is 1. The van der Waals surface area contributed by atoms with Crippen molar-refractivity contribution in [2.24, 2.45) is 5.92 Å². The van der Waals surface area contributed by atoms with Crippen LogP contribution in [0.4, 0.5) is 11.5 Å². The molecule has 168 valence electrons. The van der Waals surface area contributed by atoms with Gasteiger partial charge in [0.1, 0.15) is 28.5 Å². The van der Waals surface area contributed by atoms with Gasteiger partial charge in [0.05, 0.1) is 18.4 Å². The number of carbonyl (C=O) groups excluding carboxylic acids is 1. The third kappa shape index (κ3) is 4.79. The molecule has 0 spiro atoms. The molecule has 0 unspecified atom stereocenters. The SMILES string of the molecule is Cc1nc(CCc2cnn(Cc3ccc(C#N)s3)c2)nc2c1NC(=O)[C@H](C(C)C)N2C.S. The summed E-state index contributed by atoms with van der Waals surface area (Å²) < 4.78 is 1.89. The average molecular weight is 470 g/mol. The van der Waals surface area contributed by atoms with Crippen LogP contribution >= 0.6 is 24.8 Å². The maximum Gasteiger partial charge on any atom is 0.247 e. The van der Waals surface area contributed by atoms with Crippen LogP contribution in [0.25, 0.3) is 0 Å². The van der Waals surface area contributed by atoms with E-state index in [1.165, 1.54) is 11.3 Å². The molecule has 1 amide bonds. The average Bonchev–Trinajstić information content (AvgIpc) is 3.36. The van der Waals surface area contributed by atoms with E-state index in [2.05, 4.69) is 21.5 Å². The van der Waals surface area contributed by atoms with Gasteiger partial charge < -0.3 is 10.2 Å². The van der Waals surface area contributed by atoms with E-state index in [1.54, 1.807) is 0 Å². The van der Waals surface area contributed by atoms with Gasteiger partial charge >= 0.3 is 0 Å². The highest BCUT2D eigenvalue weighted by molar-refractivity contribution is 7.59. The molecule has 3 aromatic heterocycles. The molecule has 1 aliphatic heterocycles. The summed E-state index contributed by atoms with van der Waals surface area (Å²) in [5.41, 5.74) is 2.59. The number of nitrogens with one attached hydrogen (secondary N) is 1. The van der Waals surface area contributed by atoms with Crippen LogP contribution in [0.1, 0.15) is 40.7 Å². The number of amides is 1. The van der Waals surface area contributed by atoms with Crippen molar-refractivity contribution in [3.8, 4) is 6.07 Å². The highest BCUT2D eigenvalue weighted by atomic mass is 32.1. The molecule has 4 rings (SSSR count). The van der Waals surface area contributed by atoms with Gasteiger partial charge in [0, 0.05) is 24.5 Å². The molecule has 1 aliphatic rings. The van der Waals surface area contributed by atoms with Gasteiger partial charge in [-0.3, -0.25) is 9.48 Å². The molecule has 32 heavy (non-hydrogen) atoms. The first-order chi connectivity index (χ1) is 14.9. The van der Waals surface area contributed by atoms with Crippen molar-refractivity contribution < 1.29 is 4.79 Å². The van der Waals surface area contributed by atoms with Crippen molar-refractivity contribution in [3.05, 3.63) is 51.4 Å². The van der Waals surface area contributed by atoms with E-state index < -0.39 is 0 Å². The number of hydrogen-bond acceptors (Lipinski definition) is 7. The summed E-state index contributed by atoms with van der Waals surface area (Å²) in [7, 11) is 1.92. The maximum atomic E-state index is 12.5. The molecule has 0 aliphatic carbocycles. The number of hydrogen-bond donors (Lipinski definition) is 1. The molecular weight excluding hydrogens is 442 g/mol. The van der Waals surface area contributed by atoms with Crippen LogP contribution in [0.15, 0.2) is 24.5 Å². The Morgan fingerprint density at radius 3 is 2.75 bits per heavy atom. The quantitative estimate of drug-likeness (QED) is 0.595. The summed E-state index contributed by atoms with van der Waals surface area (Å²) >= 11 is 1.49. The Hall–Kier alpha value is -2.90. The van der Waals surface area contributed by atoms with Crippen LogP contribution in [0.5, 0.6) is 0 Å². The predicted molar refractivity (Wildman–Crippen MR) is 131 cm³/mol. The second kappa shape index (κ2) is 9.71. The number of fused-ring (bicyclic) bond motifs is 1. The van der Waals surface area contributed by atoms with Crippen LogP contribution in [-0.2, 0) is 24.2 Å². The van der Waals surface area contributed by atoms with Gasteiger partial charge in [-0.2, -0.15) is 23.9 Å². The molecule has 3 aromatic rings. The largest absolute Gasteiger partial charge is 0.346 e. The zero-order valence-electron chi connectivity index (χ0n) is 18.6. The number of nitriles is 1. The van der Waals surface area contributed by atoms with Crippen molar-refractivity contribution in [3.63, 3.8) is 0 Å². The Morgan fingerprint density at radius 2 is 2.06 bits per heavy atom. The minimum absolute atomic E-state index is 0. The van der Waals surface area contributed by atoms with E-state index in [0.29, 0.717) is 23.5 Å².